The molecule has 1 aliphatic carbocycles. The highest BCUT2D eigenvalue weighted by molar-refractivity contribution is 6.06. The van der Waals surface area contributed by atoms with Crippen molar-refractivity contribution >= 4 is 57.5 Å². The van der Waals surface area contributed by atoms with E-state index in [9.17, 15) is 19.2 Å². The number of hydrogen-bond acceptors (Lipinski definition) is 10. The largest absolute Gasteiger partial charge is 0.487 e. The van der Waals surface area contributed by atoms with Crippen molar-refractivity contribution in [1.82, 2.24) is 25.0 Å². The monoisotopic (exact) mass is 979 g/mol. The zero-order chi connectivity index (χ0) is 50.3. The highest BCUT2D eigenvalue weighted by Gasteiger charge is 2.55. The van der Waals surface area contributed by atoms with Gasteiger partial charge in [-0.05, 0) is 134 Å². The molecule has 2 saturated heterocycles. The van der Waals surface area contributed by atoms with Crippen LogP contribution in [0.2, 0.25) is 0 Å². The van der Waals surface area contributed by atoms with Crippen molar-refractivity contribution in [3.05, 3.63) is 95.1 Å². The molecule has 16 heteroatoms. The fourth-order valence-corrected chi connectivity index (χ4v) is 11.9. The lowest BCUT2D eigenvalue weighted by atomic mass is 9.95. The molecule has 4 aromatic rings. The van der Waals surface area contributed by atoms with Crippen molar-refractivity contribution in [1.29, 1.82) is 0 Å². The molecule has 2 N–H and O–H groups in total. The first kappa shape index (κ1) is 47.4. The number of alkyl carbamates (subject to hydrolysis) is 2. The number of ether oxygens (including phenoxy) is 4. The molecule has 6 aliphatic heterocycles. The number of fused-ring (bicyclic) bond motifs is 7. The van der Waals surface area contributed by atoms with Gasteiger partial charge in [-0.3, -0.25) is 19.6 Å². The van der Waals surface area contributed by atoms with Gasteiger partial charge in [0.1, 0.15) is 35.0 Å². The molecule has 7 heterocycles. The van der Waals surface area contributed by atoms with Crippen LogP contribution in [0.15, 0.2) is 77.0 Å². The van der Waals surface area contributed by atoms with E-state index in [0.29, 0.717) is 54.4 Å². The van der Waals surface area contributed by atoms with E-state index in [4.69, 9.17) is 28.9 Å². The number of benzene rings is 3. The summed E-state index contributed by atoms with van der Waals surface area (Å²) in [7, 11) is 2.57. The van der Waals surface area contributed by atoms with E-state index in [2.05, 4.69) is 52.5 Å². The molecule has 3 aromatic carbocycles. The molecule has 0 radical (unpaired) electrons. The molecular formula is C56H62FN7O8. The number of allylic oxidation sites excluding steroid dienone is 2. The Balaban J connectivity index is 0.883. The number of nitrogens with zero attached hydrogens (tertiary/aromatic N) is 5. The van der Waals surface area contributed by atoms with Gasteiger partial charge in [-0.2, -0.15) is 0 Å². The number of aliphatic imine (C=N–C) groups is 2. The summed E-state index contributed by atoms with van der Waals surface area (Å²) < 4.78 is 42.4. The van der Waals surface area contributed by atoms with Crippen LogP contribution >= 0.6 is 0 Å². The van der Waals surface area contributed by atoms with Crippen LogP contribution in [0.5, 0.6) is 11.5 Å². The highest BCUT2D eigenvalue weighted by atomic mass is 19.1. The van der Waals surface area contributed by atoms with Gasteiger partial charge in [0.05, 0.1) is 43.1 Å². The van der Waals surface area contributed by atoms with Crippen molar-refractivity contribution in [3.63, 3.8) is 0 Å². The number of methoxy groups -OCH3 is 2. The third-order valence-corrected chi connectivity index (χ3v) is 16.0. The molecule has 4 amide bonds. The van der Waals surface area contributed by atoms with E-state index in [1.807, 2.05) is 61.9 Å². The molecule has 1 aromatic heterocycles. The number of likely N-dealkylation sites (tertiary alicyclic amines) is 2. The lowest BCUT2D eigenvalue weighted by Crippen LogP contribution is -2.53. The Hall–Kier alpha value is -6.97. The van der Waals surface area contributed by atoms with Crippen molar-refractivity contribution in [2.45, 2.75) is 122 Å². The average molecular weight is 980 g/mol. The molecule has 1 saturated carbocycles. The lowest BCUT2D eigenvalue weighted by molar-refractivity contribution is -0.134. The fourth-order valence-electron chi connectivity index (χ4n) is 11.9. The van der Waals surface area contributed by atoms with Gasteiger partial charge in [-0.25, -0.2) is 14.0 Å². The number of amides is 4. The summed E-state index contributed by atoms with van der Waals surface area (Å²) in [6, 6.07) is 16.2. The lowest BCUT2D eigenvalue weighted by Gasteiger charge is -2.32. The first-order chi connectivity index (χ1) is 34.6. The Morgan fingerprint density at radius 1 is 0.764 bits per heavy atom. The van der Waals surface area contributed by atoms with Gasteiger partial charge < -0.3 is 43.9 Å². The third-order valence-electron chi connectivity index (χ3n) is 16.0. The summed E-state index contributed by atoms with van der Waals surface area (Å²) in [5, 5.41) is 6.37. The molecule has 72 heavy (non-hydrogen) atoms. The molecular weight excluding hydrogens is 918 g/mol. The second kappa shape index (κ2) is 18.3. The van der Waals surface area contributed by atoms with E-state index < -0.39 is 36.3 Å². The number of halogens is 1. The summed E-state index contributed by atoms with van der Waals surface area (Å²) in [5.74, 6) is 0.741. The fraction of sp³-hybridized carbons (Fsp3) is 0.464. The predicted molar refractivity (Wildman–Crippen MR) is 271 cm³/mol. The smallest absolute Gasteiger partial charge is 0.407 e. The Morgan fingerprint density at radius 3 is 1.97 bits per heavy atom. The summed E-state index contributed by atoms with van der Waals surface area (Å²) in [5.41, 5.74) is 9.09. The van der Waals surface area contributed by atoms with Crippen molar-refractivity contribution in [3.8, 4) is 22.8 Å². The van der Waals surface area contributed by atoms with Crippen LogP contribution in [0.3, 0.4) is 0 Å². The molecule has 11 rings (SSSR count). The summed E-state index contributed by atoms with van der Waals surface area (Å²) in [6.45, 7) is 10.9. The first-order valence-electron chi connectivity index (χ1n) is 25.4. The van der Waals surface area contributed by atoms with Crippen LogP contribution in [-0.2, 0) is 25.5 Å². The maximum Gasteiger partial charge on any atom is 0.407 e. The van der Waals surface area contributed by atoms with Gasteiger partial charge in [0, 0.05) is 66.6 Å². The molecule has 3 fully saturated rings. The second-order valence-corrected chi connectivity index (χ2v) is 21.4. The van der Waals surface area contributed by atoms with Gasteiger partial charge in [-0.1, -0.05) is 33.8 Å². The molecule has 15 nitrogen and oxygen atoms in total. The SMILES string of the molecule is COC(=O)N[C@H](C(=O)N1CCC[C@H]1C1=NC=C(c2cc(F)c3c(c2)OC(c2ccc4c(c2)CC2CC2(C)O4)n2c-3cc3cc(C4=CN=C([C@@H]5CCCN5C(=O)[C@@H](NC(=O)OC)C(C)C)C4)ccc32)C1)C(C)C. The standard InChI is InChI=1S/C56H62FN7O8/c1-29(2)49(60-54(67)69-6)51(65)62-16-8-10-43(62)40-22-36(27-58-40)31-12-14-42-34(18-31)24-45-48-39(57)21-33(25-47(48)71-53(64(42)45)32-13-15-46-35(19-32)20-38-26-56(38,5)72-46)37-23-41(59-28-37)44-11-9-17-63(44)52(66)50(30(3)4)61-55(68)70-7/h12-15,18-19,21,24-25,27-30,38,43-44,49-50,53H,8-11,16-17,20,22-23,26H2,1-7H3,(H,60,67)(H,61,68)/t38?,43-,44-,49-,50-,53?,56?/m0/s1. The summed E-state index contributed by atoms with van der Waals surface area (Å²) in [6.07, 6.45) is 7.83. The molecule has 376 valence electrons. The van der Waals surface area contributed by atoms with E-state index in [-0.39, 0.29) is 41.3 Å². The number of carbonyl (C=O) groups is 4. The van der Waals surface area contributed by atoms with Crippen LogP contribution in [-0.4, -0.2) is 107 Å². The van der Waals surface area contributed by atoms with E-state index in [1.165, 1.54) is 14.2 Å². The summed E-state index contributed by atoms with van der Waals surface area (Å²) in [4.78, 5) is 65.6. The van der Waals surface area contributed by atoms with Crippen LogP contribution in [0.4, 0.5) is 14.0 Å². The predicted octanol–water partition coefficient (Wildman–Crippen LogP) is 9.21. The average Bonchev–Trinajstić information content (AvgIpc) is 4.12. The number of rotatable bonds is 11. The number of aromatic nitrogens is 1. The molecule has 0 bridgehead atoms. The Bertz CT molecular complexity index is 3060. The van der Waals surface area contributed by atoms with Crippen LogP contribution in [0.1, 0.15) is 108 Å². The third kappa shape index (κ3) is 8.29. The summed E-state index contributed by atoms with van der Waals surface area (Å²) >= 11 is 0. The molecule has 0 spiro atoms. The zero-order valence-corrected chi connectivity index (χ0v) is 41.9. The van der Waals surface area contributed by atoms with Crippen LogP contribution < -0.4 is 20.1 Å². The highest BCUT2D eigenvalue weighted by Crippen LogP contribution is 2.54. The van der Waals surface area contributed by atoms with Crippen molar-refractivity contribution < 1.29 is 42.5 Å². The maximum atomic E-state index is 17.1. The van der Waals surface area contributed by atoms with Gasteiger partial charge in [0.15, 0.2) is 0 Å². The Kier molecular flexibility index (Phi) is 12.0. The Morgan fingerprint density at radius 2 is 1.38 bits per heavy atom. The Labute approximate surface area is 418 Å². The van der Waals surface area contributed by atoms with Crippen molar-refractivity contribution in [2.75, 3.05) is 27.3 Å². The maximum absolute atomic E-state index is 17.1. The normalized spacial score (nSPS) is 24.5. The van der Waals surface area contributed by atoms with Crippen LogP contribution in [0.25, 0.3) is 33.3 Å². The number of nitrogens with one attached hydrogen (secondary N) is 2. The van der Waals surface area contributed by atoms with Gasteiger partial charge >= 0.3 is 12.2 Å². The first-order valence-corrected chi connectivity index (χ1v) is 25.4. The number of carbonyl (C=O) groups excluding carboxylic acids is 4. The minimum atomic E-state index is -0.748. The van der Waals surface area contributed by atoms with E-state index in [0.717, 1.165) is 94.4 Å². The second-order valence-electron chi connectivity index (χ2n) is 21.4. The minimum absolute atomic E-state index is 0.110. The minimum Gasteiger partial charge on any atom is -0.487 e. The van der Waals surface area contributed by atoms with Crippen molar-refractivity contribution in [2.24, 2.45) is 27.7 Å². The van der Waals surface area contributed by atoms with Gasteiger partial charge in [0.25, 0.3) is 0 Å². The zero-order valence-electron chi connectivity index (χ0n) is 41.9. The molecule has 7 atom stereocenters. The topological polar surface area (TPSA) is 165 Å². The number of hydrogen-bond donors (Lipinski definition) is 2. The molecule has 7 aliphatic rings. The van der Waals surface area contributed by atoms with E-state index >= 15 is 4.39 Å². The van der Waals surface area contributed by atoms with E-state index in [1.54, 1.807) is 12.3 Å². The van der Waals surface area contributed by atoms with Crippen LogP contribution in [0, 0.1) is 23.6 Å². The van der Waals surface area contributed by atoms with Gasteiger partial charge in [0.2, 0.25) is 18.0 Å². The van der Waals surface area contributed by atoms with Gasteiger partial charge in [-0.15, -0.1) is 0 Å². The quantitative estimate of drug-likeness (QED) is 0.150. The molecule has 3 unspecified atom stereocenters.